The second kappa shape index (κ2) is 36.7. The lowest BCUT2D eigenvalue weighted by atomic mass is 9.91. The Balaban J connectivity index is 7.04. The third-order valence-corrected chi connectivity index (χ3v) is 15.1. The molecule has 0 aromatic heterocycles. The minimum absolute atomic E-state index is 0.0732. The summed E-state index contributed by atoms with van der Waals surface area (Å²) in [7, 11) is 11.3. The molecule has 86 heavy (non-hydrogen) atoms. The van der Waals surface area contributed by atoms with Crippen molar-refractivity contribution >= 4 is 65.2 Å². The van der Waals surface area contributed by atoms with Gasteiger partial charge in [-0.3, -0.25) is 47.9 Å². The molecule has 0 aliphatic carbocycles. The highest BCUT2D eigenvalue weighted by molar-refractivity contribution is 5.98. The Bertz CT molecular complexity index is 2300. The van der Waals surface area contributed by atoms with Crippen LogP contribution in [0.4, 0.5) is 4.79 Å². The molecule has 10 amide bonds. The minimum atomic E-state index is -1.33. The van der Waals surface area contributed by atoms with Crippen molar-refractivity contribution in [3.05, 3.63) is 12.2 Å². The Morgan fingerprint density at radius 3 is 1.38 bits per heavy atom. The summed E-state index contributed by atoms with van der Waals surface area (Å²) in [5.41, 5.74) is -0.823. The number of hydrogen-bond acceptors (Lipinski definition) is 14. The molecule has 0 aliphatic rings. The van der Waals surface area contributed by atoms with Crippen molar-refractivity contribution in [3.63, 3.8) is 0 Å². The van der Waals surface area contributed by atoms with Gasteiger partial charge in [0.2, 0.25) is 53.2 Å². The third kappa shape index (κ3) is 24.4. The predicted octanol–water partition coefficient (Wildman–Crippen LogP) is 4.62. The zero-order chi connectivity index (χ0) is 67.2. The zero-order valence-corrected chi connectivity index (χ0v) is 57.0. The quantitative estimate of drug-likeness (QED) is 0.0506. The molecule has 0 rings (SSSR count). The summed E-state index contributed by atoms with van der Waals surface area (Å²) in [6, 6.07) is -10.4. The Morgan fingerprint density at radius 1 is 0.500 bits per heavy atom. The molecule has 4 N–H and O–H groups in total. The van der Waals surface area contributed by atoms with Crippen LogP contribution in [0, 0.1) is 35.5 Å². The number of esters is 1. The van der Waals surface area contributed by atoms with Gasteiger partial charge in [0.15, 0.2) is 0 Å². The van der Waals surface area contributed by atoms with E-state index >= 15 is 9.59 Å². The van der Waals surface area contributed by atoms with Gasteiger partial charge in [-0.25, -0.2) is 4.79 Å². The van der Waals surface area contributed by atoms with Crippen LogP contribution in [0.15, 0.2) is 12.2 Å². The van der Waals surface area contributed by atoms with Crippen molar-refractivity contribution in [1.29, 1.82) is 0 Å². The van der Waals surface area contributed by atoms with Crippen molar-refractivity contribution in [1.82, 2.24) is 50.7 Å². The van der Waals surface area contributed by atoms with Crippen molar-refractivity contribution in [2.75, 3.05) is 63.1 Å². The molecule has 494 valence electrons. The van der Waals surface area contributed by atoms with Crippen molar-refractivity contribution < 1.29 is 67.0 Å². The van der Waals surface area contributed by atoms with E-state index in [2.05, 4.69) is 21.3 Å². The molecule has 0 heterocycles. The lowest BCUT2D eigenvalue weighted by molar-refractivity contribution is -0.158. The summed E-state index contributed by atoms with van der Waals surface area (Å²) >= 11 is 0. The number of carbonyl (C=O) groups excluding carboxylic acids is 11. The molecule has 0 aromatic rings. The highest BCUT2D eigenvalue weighted by atomic mass is 16.6. The number of carbonyl (C=O) groups is 11. The van der Waals surface area contributed by atoms with Gasteiger partial charge in [-0.2, -0.15) is 0 Å². The monoisotopic (exact) mass is 1220 g/mol. The number of allylic oxidation sites excluding steroid dienone is 2. The first-order valence-electron chi connectivity index (χ1n) is 30.3. The molecule has 0 bridgehead atoms. The first-order chi connectivity index (χ1) is 39.6. The van der Waals surface area contributed by atoms with Gasteiger partial charge in [0.1, 0.15) is 66.5 Å². The van der Waals surface area contributed by atoms with Crippen molar-refractivity contribution in [2.45, 2.75) is 223 Å². The molecular formula is C62H112N10O14. The minimum Gasteiger partial charge on any atom is -0.468 e. The van der Waals surface area contributed by atoms with Crippen molar-refractivity contribution in [2.24, 2.45) is 35.5 Å². The number of alkyl carbamates (subject to hydrolysis) is 1. The summed E-state index contributed by atoms with van der Waals surface area (Å²) in [6.07, 6.45) is 3.19. The van der Waals surface area contributed by atoms with Gasteiger partial charge in [-0.15, -0.1) is 0 Å². The smallest absolute Gasteiger partial charge is 0.408 e. The summed E-state index contributed by atoms with van der Waals surface area (Å²) in [4.78, 5) is 162. The Morgan fingerprint density at radius 2 is 0.953 bits per heavy atom. The first kappa shape index (κ1) is 79.7. The van der Waals surface area contributed by atoms with Gasteiger partial charge in [-0.1, -0.05) is 95.2 Å². The summed E-state index contributed by atoms with van der Waals surface area (Å²) in [5.74, 6) is -7.87. The summed E-state index contributed by atoms with van der Waals surface area (Å²) in [6.45, 7) is 31.3. The van der Waals surface area contributed by atoms with Crippen LogP contribution in [0.3, 0.4) is 0 Å². The van der Waals surface area contributed by atoms with E-state index in [4.69, 9.17) is 14.2 Å². The maximum atomic E-state index is 15.1. The number of rotatable bonds is 34. The van der Waals surface area contributed by atoms with Gasteiger partial charge in [-0.05, 0) is 109 Å². The fraction of sp³-hybridized carbons (Fsp3) is 0.790. The normalized spacial score (nSPS) is 15.7. The molecule has 24 heteroatoms. The number of ether oxygens (including phenoxy) is 3. The standard InChI is InChI=1S/C62H112N10O14/c1-27-29-30-40(13)51(85-26)50(54(76)65-43(28-2)56(78)67(19)34-47(73)84-25)72(24)60(82)49(39(11)12)71(23)58(80)46(33-37(7)8)70(22)57(79)45(32-36(5)6)69(21)55(77)42(15)64-52(74)41(14)63-53(75)44(31-35(3)4)68(20)59(81)48(38(9)10)66-61(83)86-62(16,17)18/h27,29,35-46,48-51H,28,30-34H2,1-26H3,(H,63,75)(H,64,74)(H,65,76)(H,66,83)/b29-27+/t40-,41+,42-,43+,44+,45+,46+,48+,49+,50+,51-/m1/s1. The van der Waals surface area contributed by atoms with Crippen LogP contribution < -0.4 is 21.3 Å². The largest absolute Gasteiger partial charge is 0.468 e. The maximum Gasteiger partial charge on any atom is 0.408 e. The first-order valence-corrected chi connectivity index (χ1v) is 30.3. The van der Waals surface area contributed by atoms with Crippen LogP contribution in [0.2, 0.25) is 0 Å². The van der Waals surface area contributed by atoms with E-state index in [9.17, 15) is 43.2 Å². The molecule has 11 atom stereocenters. The number of likely N-dealkylation sites (N-methyl/N-ethyl adjacent to an activating group) is 6. The van der Waals surface area contributed by atoms with Crippen LogP contribution in [-0.4, -0.2) is 224 Å². The van der Waals surface area contributed by atoms with E-state index in [0.717, 1.165) is 4.90 Å². The summed E-state index contributed by atoms with van der Waals surface area (Å²) < 4.78 is 16.1. The highest BCUT2D eigenvalue weighted by Crippen LogP contribution is 2.26. The number of nitrogens with one attached hydrogen (secondary N) is 4. The van der Waals surface area contributed by atoms with E-state index in [1.54, 1.807) is 55.4 Å². The van der Waals surface area contributed by atoms with Crippen LogP contribution in [-0.2, 0) is 62.2 Å². The second-order valence-electron chi connectivity index (χ2n) is 25.9. The summed E-state index contributed by atoms with van der Waals surface area (Å²) in [5, 5.41) is 10.8. The molecule has 0 spiro atoms. The Kier molecular flexibility index (Phi) is 34.0. The molecule has 0 radical (unpaired) electrons. The zero-order valence-electron chi connectivity index (χ0n) is 57.0. The molecular weight excluding hydrogens is 1110 g/mol. The average molecular weight is 1220 g/mol. The average Bonchev–Trinajstić information content (AvgIpc) is 2.98. The number of amides is 10. The molecule has 0 saturated heterocycles. The van der Waals surface area contributed by atoms with Crippen molar-refractivity contribution in [3.8, 4) is 0 Å². The second-order valence-corrected chi connectivity index (χ2v) is 25.9. The SMILES string of the molecule is C/C=C/C[C@@H](C)[C@@H](OC)[C@@H](C(=O)N[C@@H](CC)C(=O)N(C)CC(=O)OC)N(C)C(=O)[C@H](C(C)C)N(C)C(=O)[C@H](CC(C)C)N(C)C(=O)[C@H](CC(C)C)N(C)C(=O)[C@@H](C)NC(=O)[C@H](C)NC(=O)[C@H](CC(C)C)N(C)C(=O)[C@@H](NC(=O)OC(C)(C)C)C(C)C. The molecule has 0 unspecified atom stereocenters. The number of methoxy groups -OCH3 is 2. The highest BCUT2D eigenvalue weighted by Gasteiger charge is 2.46. The van der Waals surface area contributed by atoms with E-state index < -0.39 is 137 Å². The van der Waals surface area contributed by atoms with Gasteiger partial charge in [0, 0.05) is 49.4 Å². The maximum absolute atomic E-state index is 15.1. The molecule has 24 nitrogen and oxygen atoms in total. The van der Waals surface area contributed by atoms with E-state index in [1.807, 2.05) is 67.5 Å². The third-order valence-electron chi connectivity index (χ3n) is 15.1. The molecule has 0 aromatic carbocycles. The number of nitrogens with zero attached hydrogens (tertiary/aromatic N) is 6. The van der Waals surface area contributed by atoms with E-state index in [-0.39, 0.29) is 61.8 Å². The fourth-order valence-corrected chi connectivity index (χ4v) is 10.1. The van der Waals surface area contributed by atoms with Crippen LogP contribution in [0.5, 0.6) is 0 Å². The topological polar surface area (TPSA) is 283 Å². The molecule has 0 saturated carbocycles. The molecule has 0 fully saturated rings. The van der Waals surface area contributed by atoms with E-state index in [0.29, 0.717) is 6.42 Å². The lowest BCUT2D eigenvalue weighted by Gasteiger charge is -2.42. The number of hydrogen-bond donors (Lipinski definition) is 4. The predicted molar refractivity (Wildman–Crippen MR) is 330 cm³/mol. The van der Waals surface area contributed by atoms with Gasteiger partial charge in [0.25, 0.3) is 0 Å². The van der Waals surface area contributed by atoms with Crippen LogP contribution in [0.1, 0.15) is 157 Å². The Labute approximate surface area is 514 Å². The Hall–Kier alpha value is -6.33. The lowest BCUT2D eigenvalue weighted by Crippen LogP contribution is -2.63. The van der Waals surface area contributed by atoms with Gasteiger partial charge >= 0.3 is 12.1 Å². The fourth-order valence-electron chi connectivity index (χ4n) is 10.1. The van der Waals surface area contributed by atoms with Crippen LogP contribution in [0.25, 0.3) is 0 Å². The van der Waals surface area contributed by atoms with Gasteiger partial charge in [0.05, 0.1) is 13.2 Å². The van der Waals surface area contributed by atoms with Crippen LogP contribution >= 0.6 is 0 Å². The van der Waals surface area contributed by atoms with Gasteiger partial charge < -0.3 is 64.9 Å². The molecule has 0 aliphatic heterocycles. The van der Waals surface area contributed by atoms with E-state index in [1.165, 1.54) is 94.9 Å².